The lowest BCUT2D eigenvalue weighted by molar-refractivity contribution is 0.150. The van der Waals surface area contributed by atoms with E-state index in [1.54, 1.807) is 30.8 Å². The highest BCUT2D eigenvalue weighted by Gasteiger charge is 2.30. The topological polar surface area (TPSA) is 29.5 Å². The first-order valence-corrected chi connectivity index (χ1v) is 8.33. The van der Waals surface area contributed by atoms with E-state index in [2.05, 4.69) is 0 Å². The predicted octanol–water partition coefficient (Wildman–Crippen LogP) is 4.70. The van der Waals surface area contributed by atoms with Gasteiger partial charge in [0.1, 0.15) is 17.7 Å². The second-order valence-corrected chi connectivity index (χ2v) is 6.20. The molecular formula is C17H15F2NO2S. The van der Waals surface area contributed by atoms with Gasteiger partial charge in [0.25, 0.3) is 0 Å². The van der Waals surface area contributed by atoms with Crippen molar-refractivity contribution in [2.75, 3.05) is 17.7 Å². The van der Waals surface area contributed by atoms with Gasteiger partial charge < -0.3 is 4.74 Å². The van der Waals surface area contributed by atoms with Gasteiger partial charge in [-0.15, -0.1) is 11.8 Å². The minimum Gasteiger partial charge on any atom is -0.444 e. The van der Waals surface area contributed by atoms with Gasteiger partial charge >= 0.3 is 6.09 Å². The van der Waals surface area contributed by atoms with Gasteiger partial charge in [0.2, 0.25) is 0 Å². The van der Waals surface area contributed by atoms with E-state index in [1.807, 2.05) is 18.4 Å². The minimum atomic E-state index is -0.704. The Kier molecular flexibility index (Phi) is 4.26. The molecule has 3 rings (SSSR count). The van der Waals surface area contributed by atoms with Crippen LogP contribution in [0.2, 0.25) is 0 Å². The number of nitrogens with zero attached hydrogens (tertiary/aromatic N) is 1. The monoisotopic (exact) mass is 335 g/mol. The van der Waals surface area contributed by atoms with Crippen LogP contribution in [-0.2, 0) is 4.74 Å². The largest absolute Gasteiger partial charge is 0.444 e. The number of benzene rings is 2. The molecule has 0 spiro atoms. The normalized spacial score (nSPS) is 17.5. The van der Waals surface area contributed by atoms with E-state index in [0.29, 0.717) is 5.56 Å². The van der Waals surface area contributed by atoms with Crippen molar-refractivity contribution in [3.8, 4) is 11.1 Å². The molecule has 0 aromatic heterocycles. The molecule has 0 N–H and O–H groups in total. The van der Waals surface area contributed by atoms with Gasteiger partial charge in [0.05, 0.1) is 17.8 Å². The Balaban J connectivity index is 1.98. The van der Waals surface area contributed by atoms with Gasteiger partial charge in [-0.05, 0) is 43.0 Å². The predicted molar refractivity (Wildman–Crippen MR) is 86.9 cm³/mol. The summed E-state index contributed by atoms with van der Waals surface area (Å²) in [6.07, 6.45) is 1.04. The Morgan fingerprint density at radius 2 is 1.78 bits per heavy atom. The van der Waals surface area contributed by atoms with Gasteiger partial charge in [-0.1, -0.05) is 12.1 Å². The van der Waals surface area contributed by atoms with E-state index in [0.717, 1.165) is 4.90 Å². The van der Waals surface area contributed by atoms with Crippen LogP contribution in [0, 0.1) is 11.6 Å². The number of cyclic esters (lactones) is 1. The Hall–Kier alpha value is -2.08. The maximum Gasteiger partial charge on any atom is 0.414 e. The van der Waals surface area contributed by atoms with Crippen LogP contribution in [0.5, 0.6) is 0 Å². The smallest absolute Gasteiger partial charge is 0.414 e. The van der Waals surface area contributed by atoms with Crippen molar-refractivity contribution in [2.24, 2.45) is 0 Å². The number of carbonyl (C=O) groups is 1. The molecule has 1 aliphatic heterocycles. The number of ether oxygens (including phenoxy) is 1. The lowest BCUT2D eigenvalue weighted by Gasteiger charge is -2.15. The van der Waals surface area contributed by atoms with E-state index in [-0.39, 0.29) is 23.9 Å². The molecular weight excluding hydrogens is 320 g/mol. The Labute approximate surface area is 137 Å². The van der Waals surface area contributed by atoms with Crippen LogP contribution in [0.15, 0.2) is 41.3 Å². The molecule has 2 aromatic rings. The van der Waals surface area contributed by atoms with E-state index in [1.165, 1.54) is 17.0 Å². The first kappa shape index (κ1) is 15.8. The summed E-state index contributed by atoms with van der Waals surface area (Å²) in [6, 6.07) is 9.32. The van der Waals surface area contributed by atoms with Crippen LogP contribution in [0.25, 0.3) is 11.1 Å². The molecule has 0 radical (unpaired) electrons. The fourth-order valence-electron chi connectivity index (χ4n) is 2.56. The van der Waals surface area contributed by atoms with Crippen LogP contribution < -0.4 is 4.90 Å². The van der Waals surface area contributed by atoms with Gasteiger partial charge in [-0.3, -0.25) is 4.90 Å². The maximum atomic E-state index is 14.4. The summed E-state index contributed by atoms with van der Waals surface area (Å²) in [5, 5.41) is 0. The molecule has 120 valence electrons. The number of rotatable bonds is 3. The molecule has 1 atom stereocenters. The van der Waals surface area contributed by atoms with Crippen LogP contribution >= 0.6 is 11.8 Å². The third-order valence-electron chi connectivity index (χ3n) is 3.68. The fourth-order valence-corrected chi connectivity index (χ4v) is 2.97. The molecule has 0 aliphatic carbocycles. The first-order valence-electron chi connectivity index (χ1n) is 7.11. The zero-order valence-electron chi connectivity index (χ0n) is 12.7. The lowest BCUT2D eigenvalue weighted by atomic mass is 10.0. The van der Waals surface area contributed by atoms with Gasteiger partial charge in [0, 0.05) is 4.90 Å². The molecule has 0 unspecified atom stereocenters. The van der Waals surface area contributed by atoms with Crippen molar-refractivity contribution in [3.05, 3.63) is 48.0 Å². The van der Waals surface area contributed by atoms with Crippen LogP contribution in [-0.4, -0.2) is 25.0 Å². The molecule has 1 aliphatic rings. The van der Waals surface area contributed by atoms with Crippen LogP contribution in [0.1, 0.15) is 6.92 Å². The zero-order chi connectivity index (χ0) is 16.6. The Morgan fingerprint density at radius 3 is 2.26 bits per heavy atom. The van der Waals surface area contributed by atoms with Gasteiger partial charge in [0.15, 0.2) is 0 Å². The minimum absolute atomic E-state index is 0.0954. The maximum absolute atomic E-state index is 14.4. The summed E-state index contributed by atoms with van der Waals surface area (Å²) < 4.78 is 33.9. The number of hydrogen-bond acceptors (Lipinski definition) is 3. The van der Waals surface area contributed by atoms with E-state index in [4.69, 9.17) is 4.74 Å². The number of hydrogen-bond donors (Lipinski definition) is 0. The molecule has 6 heteroatoms. The molecule has 1 amide bonds. The average Bonchev–Trinajstić information content (AvgIpc) is 2.86. The highest BCUT2D eigenvalue weighted by atomic mass is 32.2. The molecule has 23 heavy (non-hydrogen) atoms. The number of thioether (sulfide) groups is 1. The van der Waals surface area contributed by atoms with Gasteiger partial charge in [-0.2, -0.15) is 0 Å². The Bertz CT molecular complexity index is 726. The van der Waals surface area contributed by atoms with Crippen LogP contribution in [0.4, 0.5) is 19.3 Å². The quantitative estimate of drug-likeness (QED) is 0.762. The fraction of sp³-hybridized carbons (Fsp3) is 0.235. The molecule has 1 saturated heterocycles. The Morgan fingerprint density at radius 1 is 1.17 bits per heavy atom. The summed E-state index contributed by atoms with van der Waals surface area (Å²) in [6.45, 7) is 2.01. The molecule has 2 aromatic carbocycles. The second kappa shape index (κ2) is 6.20. The number of carbonyl (C=O) groups excluding carboxylic acids is 1. The van der Waals surface area contributed by atoms with E-state index < -0.39 is 17.7 Å². The third kappa shape index (κ3) is 3.03. The number of anilines is 1. The highest BCUT2D eigenvalue weighted by Crippen LogP contribution is 2.32. The molecule has 0 bridgehead atoms. The highest BCUT2D eigenvalue weighted by molar-refractivity contribution is 7.98. The molecule has 1 fully saturated rings. The van der Waals surface area contributed by atoms with Crippen molar-refractivity contribution in [2.45, 2.75) is 17.9 Å². The SMILES string of the molecule is CSc1ccc(-c2c(F)cc(N3C[C@H](C)OC3=O)cc2F)cc1. The first-order chi connectivity index (χ1) is 11.0. The number of amides is 1. The molecule has 1 heterocycles. The van der Waals surface area contributed by atoms with Crippen molar-refractivity contribution in [1.82, 2.24) is 0 Å². The van der Waals surface area contributed by atoms with Crippen molar-refractivity contribution >= 4 is 23.5 Å². The van der Waals surface area contributed by atoms with Crippen molar-refractivity contribution < 1.29 is 18.3 Å². The zero-order valence-corrected chi connectivity index (χ0v) is 13.5. The van der Waals surface area contributed by atoms with E-state index in [9.17, 15) is 13.6 Å². The summed E-state index contributed by atoms with van der Waals surface area (Å²) in [5.41, 5.74) is 0.530. The summed E-state index contributed by atoms with van der Waals surface area (Å²) >= 11 is 1.56. The van der Waals surface area contributed by atoms with Gasteiger partial charge in [-0.25, -0.2) is 13.6 Å². The summed E-state index contributed by atoms with van der Waals surface area (Å²) in [4.78, 5) is 13.9. The number of halogens is 2. The average molecular weight is 335 g/mol. The lowest BCUT2D eigenvalue weighted by Crippen LogP contribution is -2.24. The van der Waals surface area contributed by atoms with Crippen molar-refractivity contribution in [3.63, 3.8) is 0 Å². The molecule has 3 nitrogen and oxygen atoms in total. The summed E-state index contributed by atoms with van der Waals surface area (Å²) in [5.74, 6) is -1.41. The van der Waals surface area contributed by atoms with Crippen molar-refractivity contribution in [1.29, 1.82) is 0 Å². The van der Waals surface area contributed by atoms with Crippen LogP contribution in [0.3, 0.4) is 0 Å². The summed E-state index contributed by atoms with van der Waals surface area (Å²) in [7, 11) is 0. The standard InChI is InChI=1S/C17H15F2NO2S/c1-10-9-20(17(21)22-10)12-7-14(18)16(15(19)8-12)11-3-5-13(23-2)6-4-11/h3-8,10H,9H2,1-2H3/t10-/m0/s1. The van der Waals surface area contributed by atoms with E-state index >= 15 is 0 Å². The molecule has 0 saturated carbocycles. The second-order valence-electron chi connectivity index (χ2n) is 5.32. The third-order valence-corrected chi connectivity index (χ3v) is 4.42.